The van der Waals surface area contributed by atoms with Crippen molar-refractivity contribution in [2.45, 2.75) is 40.3 Å². The summed E-state index contributed by atoms with van der Waals surface area (Å²) in [5.41, 5.74) is 3.83. The van der Waals surface area contributed by atoms with E-state index in [0.29, 0.717) is 19.7 Å². The minimum Gasteiger partial charge on any atom is -0.486 e. The minimum atomic E-state index is 0.0521. The van der Waals surface area contributed by atoms with Gasteiger partial charge >= 0.3 is 0 Å². The smallest absolute Gasteiger partial charge is 0.254 e. The molecule has 28 heavy (non-hydrogen) atoms. The largest absolute Gasteiger partial charge is 0.486 e. The monoisotopic (exact) mass is 394 g/mol. The second-order valence-electron chi connectivity index (χ2n) is 6.88. The van der Waals surface area contributed by atoms with Crippen molar-refractivity contribution in [1.29, 1.82) is 0 Å². The van der Waals surface area contributed by atoms with Crippen LogP contribution in [0.2, 0.25) is 0 Å². The number of carbonyl (C=O) groups is 1. The van der Waals surface area contributed by atoms with Crippen molar-refractivity contribution in [1.82, 2.24) is 9.88 Å². The molecule has 0 atom stereocenters. The van der Waals surface area contributed by atoms with Gasteiger partial charge in [0.05, 0.1) is 12.2 Å². The number of benzene rings is 2. The van der Waals surface area contributed by atoms with E-state index in [9.17, 15) is 4.79 Å². The molecule has 2 aromatic carbocycles. The summed E-state index contributed by atoms with van der Waals surface area (Å²) in [4.78, 5) is 19.5. The Morgan fingerprint density at radius 3 is 2.71 bits per heavy atom. The first-order valence-corrected chi connectivity index (χ1v) is 10.4. The van der Waals surface area contributed by atoms with Gasteiger partial charge in [-0.15, -0.1) is 11.3 Å². The van der Waals surface area contributed by atoms with E-state index >= 15 is 0 Å². The first-order chi connectivity index (χ1) is 13.6. The Balaban J connectivity index is 1.65. The lowest BCUT2D eigenvalue weighted by atomic mass is 10.1. The molecule has 4 nitrogen and oxygen atoms in total. The minimum absolute atomic E-state index is 0.0521. The van der Waals surface area contributed by atoms with Gasteiger partial charge < -0.3 is 9.64 Å². The predicted molar refractivity (Wildman–Crippen MR) is 114 cm³/mol. The lowest BCUT2D eigenvalue weighted by molar-refractivity contribution is 0.0741. The zero-order chi connectivity index (χ0) is 19.9. The topological polar surface area (TPSA) is 42.4 Å². The Bertz CT molecular complexity index is 936. The van der Waals surface area contributed by atoms with Crippen LogP contribution in [0.4, 0.5) is 0 Å². The van der Waals surface area contributed by atoms with Crippen LogP contribution in [0.25, 0.3) is 0 Å². The number of hydrogen-bond acceptors (Lipinski definition) is 4. The zero-order valence-electron chi connectivity index (χ0n) is 16.6. The quantitative estimate of drug-likeness (QED) is 0.514. The van der Waals surface area contributed by atoms with Crippen molar-refractivity contribution in [3.8, 4) is 5.75 Å². The molecule has 0 fully saturated rings. The van der Waals surface area contributed by atoms with Gasteiger partial charge in [0.25, 0.3) is 5.91 Å². The van der Waals surface area contributed by atoms with Gasteiger partial charge in [-0.25, -0.2) is 4.98 Å². The molecular weight excluding hydrogens is 368 g/mol. The molecule has 1 heterocycles. The summed E-state index contributed by atoms with van der Waals surface area (Å²) >= 11 is 1.57. The van der Waals surface area contributed by atoms with Gasteiger partial charge in [-0.05, 0) is 44.0 Å². The number of hydrogen-bond donors (Lipinski definition) is 0. The maximum Gasteiger partial charge on any atom is 0.254 e. The third kappa shape index (κ3) is 5.20. The average Bonchev–Trinajstić information content (AvgIpc) is 3.14. The highest BCUT2D eigenvalue weighted by molar-refractivity contribution is 7.09. The third-order valence-corrected chi connectivity index (χ3v) is 5.31. The summed E-state index contributed by atoms with van der Waals surface area (Å²) in [5, 5.41) is 2.93. The first kappa shape index (κ1) is 20.1. The normalized spacial score (nSPS) is 10.7. The lowest BCUT2D eigenvalue weighted by Crippen LogP contribution is -2.31. The second-order valence-corrected chi connectivity index (χ2v) is 7.83. The molecule has 0 aliphatic rings. The number of thiazole rings is 1. The Morgan fingerprint density at radius 2 is 1.96 bits per heavy atom. The number of amides is 1. The van der Waals surface area contributed by atoms with E-state index in [0.717, 1.165) is 39.6 Å². The molecule has 0 saturated heterocycles. The van der Waals surface area contributed by atoms with E-state index in [1.807, 2.05) is 72.7 Å². The van der Waals surface area contributed by atoms with Gasteiger partial charge in [-0.3, -0.25) is 4.79 Å². The molecule has 0 spiro atoms. The maximum absolute atomic E-state index is 12.9. The summed E-state index contributed by atoms with van der Waals surface area (Å²) in [6.07, 6.45) is 0.908. The van der Waals surface area contributed by atoms with Crippen molar-refractivity contribution in [2.24, 2.45) is 0 Å². The SMILES string of the molecule is CCCN(Cc1csc(COc2ccccc2C)n1)C(=O)c1cccc(C)c1. The Kier molecular flexibility index (Phi) is 6.82. The fourth-order valence-electron chi connectivity index (χ4n) is 3.02. The summed E-state index contributed by atoms with van der Waals surface area (Å²) in [6, 6.07) is 15.7. The van der Waals surface area contributed by atoms with E-state index in [1.165, 1.54) is 0 Å². The molecule has 0 radical (unpaired) electrons. The molecule has 3 rings (SSSR count). The van der Waals surface area contributed by atoms with E-state index < -0.39 is 0 Å². The summed E-state index contributed by atoms with van der Waals surface area (Å²) in [7, 11) is 0. The number of aromatic nitrogens is 1. The zero-order valence-corrected chi connectivity index (χ0v) is 17.5. The highest BCUT2D eigenvalue weighted by Crippen LogP contribution is 2.20. The number of para-hydroxylation sites is 1. The molecule has 0 bridgehead atoms. The van der Waals surface area contributed by atoms with E-state index in [1.54, 1.807) is 11.3 Å². The Labute approximate surface area is 170 Å². The molecule has 0 N–H and O–H groups in total. The summed E-state index contributed by atoms with van der Waals surface area (Å²) < 4.78 is 5.89. The van der Waals surface area contributed by atoms with Gasteiger partial charge in [-0.2, -0.15) is 0 Å². The lowest BCUT2D eigenvalue weighted by Gasteiger charge is -2.21. The molecule has 0 aliphatic heterocycles. The van der Waals surface area contributed by atoms with Crippen molar-refractivity contribution < 1.29 is 9.53 Å². The fourth-order valence-corrected chi connectivity index (χ4v) is 3.72. The van der Waals surface area contributed by atoms with Crippen LogP contribution in [-0.2, 0) is 13.2 Å². The van der Waals surface area contributed by atoms with Crippen molar-refractivity contribution in [2.75, 3.05) is 6.54 Å². The van der Waals surface area contributed by atoms with Crippen molar-refractivity contribution >= 4 is 17.2 Å². The van der Waals surface area contributed by atoms with Crippen LogP contribution >= 0.6 is 11.3 Å². The number of rotatable bonds is 8. The van der Waals surface area contributed by atoms with E-state index in [4.69, 9.17) is 4.74 Å². The number of ether oxygens (including phenoxy) is 1. The van der Waals surface area contributed by atoms with Crippen LogP contribution in [0.5, 0.6) is 5.75 Å². The maximum atomic E-state index is 12.9. The Hall–Kier alpha value is -2.66. The Morgan fingerprint density at radius 1 is 1.14 bits per heavy atom. The number of nitrogens with zero attached hydrogens (tertiary/aromatic N) is 2. The molecule has 146 valence electrons. The second kappa shape index (κ2) is 9.51. The van der Waals surface area contributed by atoms with Crippen LogP contribution < -0.4 is 4.74 Å². The van der Waals surface area contributed by atoms with Crippen LogP contribution in [0.15, 0.2) is 53.9 Å². The molecule has 1 aromatic heterocycles. The van der Waals surface area contributed by atoms with Crippen molar-refractivity contribution in [3.63, 3.8) is 0 Å². The number of aryl methyl sites for hydroxylation is 2. The molecular formula is C23H26N2O2S. The predicted octanol–water partition coefficient (Wildman–Crippen LogP) is 5.39. The van der Waals surface area contributed by atoms with Crippen molar-refractivity contribution in [3.05, 3.63) is 81.3 Å². The van der Waals surface area contributed by atoms with Crippen LogP contribution in [0.1, 0.15) is 45.5 Å². The first-order valence-electron chi connectivity index (χ1n) is 9.54. The molecule has 0 saturated carbocycles. The van der Waals surface area contributed by atoms with E-state index in [2.05, 4.69) is 11.9 Å². The van der Waals surface area contributed by atoms with Gasteiger partial charge in [0, 0.05) is 17.5 Å². The standard InChI is InChI=1S/C23H26N2O2S/c1-4-12-25(23(26)19-10-7-8-17(2)13-19)14-20-16-28-22(24-20)15-27-21-11-6-5-9-18(21)3/h5-11,13,16H,4,12,14-15H2,1-3H3. The highest BCUT2D eigenvalue weighted by Gasteiger charge is 2.17. The highest BCUT2D eigenvalue weighted by atomic mass is 32.1. The molecule has 0 aliphatic carbocycles. The van der Waals surface area contributed by atoms with Gasteiger partial charge in [-0.1, -0.05) is 42.8 Å². The number of carbonyl (C=O) groups excluding carboxylic acids is 1. The molecule has 1 amide bonds. The van der Waals surface area contributed by atoms with Gasteiger partial charge in [0.2, 0.25) is 0 Å². The fraction of sp³-hybridized carbons (Fsp3) is 0.304. The third-order valence-electron chi connectivity index (χ3n) is 4.44. The van der Waals surface area contributed by atoms with E-state index in [-0.39, 0.29) is 5.91 Å². The molecule has 0 unspecified atom stereocenters. The molecule has 3 aromatic rings. The summed E-state index contributed by atoms with van der Waals surface area (Å²) in [5.74, 6) is 0.928. The molecule has 5 heteroatoms. The average molecular weight is 395 g/mol. The van der Waals surface area contributed by atoms with Crippen LogP contribution in [0.3, 0.4) is 0 Å². The van der Waals surface area contributed by atoms with Crippen LogP contribution in [0, 0.1) is 13.8 Å². The summed E-state index contributed by atoms with van der Waals surface area (Å²) in [6.45, 7) is 7.78. The van der Waals surface area contributed by atoms with Crippen LogP contribution in [-0.4, -0.2) is 22.3 Å². The van der Waals surface area contributed by atoms with Gasteiger partial charge in [0.15, 0.2) is 0 Å². The van der Waals surface area contributed by atoms with Gasteiger partial charge in [0.1, 0.15) is 17.4 Å².